The third kappa shape index (κ3) is 2.70. The molecule has 2 rings (SSSR count). The van der Waals surface area contributed by atoms with Crippen LogP contribution >= 0.6 is 0 Å². The molecule has 1 amide bonds. The van der Waals surface area contributed by atoms with Crippen LogP contribution in [0.5, 0.6) is 0 Å². The van der Waals surface area contributed by atoms with Crippen molar-refractivity contribution in [3.05, 3.63) is 0 Å². The number of morpholine rings is 1. The van der Waals surface area contributed by atoms with Crippen LogP contribution in [0.4, 0.5) is 12.0 Å². The molecule has 2 heterocycles. The Bertz CT molecular complexity index is 408. The van der Waals surface area contributed by atoms with Crippen molar-refractivity contribution in [1.82, 2.24) is 15.5 Å². The molecule has 1 saturated heterocycles. The molecule has 18 heavy (non-hydrogen) atoms. The molecule has 1 aromatic rings. The van der Waals surface area contributed by atoms with Crippen LogP contribution in [0.3, 0.4) is 0 Å². The van der Waals surface area contributed by atoms with E-state index >= 15 is 0 Å². The van der Waals surface area contributed by atoms with Crippen molar-refractivity contribution in [1.29, 1.82) is 0 Å². The third-order valence-corrected chi connectivity index (χ3v) is 2.66. The lowest BCUT2D eigenvalue weighted by molar-refractivity contribution is -0.124. The number of nitrogen functional groups attached to an aromatic ring is 1. The summed E-state index contributed by atoms with van der Waals surface area (Å²) in [6.07, 6.45) is 0.882. The Kier molecular flexibility index (Phi) is 3.98. The molecule has 1 aromatic heterocycles. The molecule has 8 heteroatoms. The van der Waals surface area contributed by atoms with E-state index in [1.54, 1.807) is 4.90 Å². The number of nitrogens with two attached hydrogens (primary N) is 1. The first kappa shape index (κ1) is 12.6. The summed E-state index contributed by atoms with van der Waals surface area (Å²) in [7, 11) is 0. The van der Waals surface area contributed by atoms with Gasteiger partial charge in [0.15, 0.2) is 0 Å². The number of rotatable bonds is 4. The van der Waals surface area contributed by atoms with Gasteiger partial charge in [0.25, 0.3) is 0 Å². The van der Waals surface area contributed by atoms with Crippen LogP contribution in [0.15, 0.2) is 4.42 Å². The first-order chi connectivity index (χ1) is 8.72. The van der Waals surface area contributed by atoms with Gasteiger partial charge in [-0.2, -0.15) is 0 Å². The molecule has 0 bridgehead atoms. The fourth-order valence-corrected chi connectivity index (χ4v) is 1.76. The zero-order chi connectivity index (χ0) is 13.0. The maximum Gasteiger partial charge on any atom is 0.320 e. The van der Waals surface area contributed by atoms with Crippen LogP contribution in [0.25, 0.3) is 0 Å². The minimum absolute atomic E-state index is 0.00999. The number of aromatic nitrogens is 2. The van der Waals surface area contributed by atoms with Gasteiger partial charge in [0, 0.05) is 13.1 Å². The molecule has 0 aliphatic carbocycles. The van der Waals surface area contributed by atoms with E-state index in [0.717, 1.165) is 6.42 Å². The molecule has 0 saturated carbocycles. The minimum Gasteiger partial charge on any atom is -0.390 e. The SMILES string of the molecule is CCCNC(=O)C1COCCN1c1nnc(N)o1. The second-order valence-electron chi connectivity index (χ2n) is 4.00. The summed E-state index contributed by atoms with van der Waals surface area (Å²) in [5, 5.41) is 10.2. The van der Waals surface area contributed by atoms with Crippen molar-refractivity contribution in [3.63, 3.8) is 0 Å². The smallest absolute Gasteiger partial charge is 0.320 e. The summed E-state index contributed by atoms with van der Waals surface area (Å²) in [6.45, 7) is 3.97. The Hall–Kier alpha value is -1.83. The van der Waals surface area contributed by atoms with Gasteiger partial charge < -0.3 is 25.1 Å². The van der Waals surface area contributed by atoms with Gasteiger partial charge >= 0.3 is 12.0 Å². The number of nitrogens with zero attached hydrogens (tertiary/aromatic N) is 3. The molecule has 0 radical (unpaired) electrons. The van der Waals surface area contributed by atoms with Crippen molar-refractivity contribution in [2.24, 2.45) is 0 Å². The molecule has 1 unspecified atom stereocenters. The van der Waals surface area contributed by atoms with Crippen molar-refractivity contribution in [2.45, 2.75) is 19.4 Å². The number of carbonyl (C=O) groups is 1. The summed E-state index contributed by atoms with van der Waals surface area (Å²) in [6, 6.07) is -0.207. The standard InChI is InChI=1S/C10H17N5O3/c1-2-3-12-8(16)7-6-17-5-4-15(7)10-14-13-9(11)18-10/h7H,2-6H2,1H3,(H2,11,13)(H,12,16). The summed E-state index contributed by atoms with van der Waals surface area (Å²) < 4.78 is 10.5. The maximum atomic E-state index is 12.0. The van der Waals surface area contributed by atoms with Crippen LogP contribution < -0.4 is 16.0 Å². The van der Waals surface area contributed by atoms with Gasteiger partial charge in [-0.05, 0) is 6.42 Å². The van der Waals surface area contributed by atoms with Gasteiger partial charge in [-0.3, -0.25) is 4.79 Å². The van der Waals surface area contributed by atoms with E-state index < -0.39 is 6.04 Å². The fourth-order valence-electron chi connectivity index (χ4n) is 1.76. The van der Waals surface area contributed by atoms with E-state index in [9.17, 15) is 4.79 Å². The molecule has 100 valence electrons. The first-order valence-electron chi connectivity index (χ1n) is 5.93. The predicted octanol–water partition coefficient (Wildman–Crippen LogP) is -0.617. The average Bonchev–Trinajstić information content (AvgIpc) is 2.82. The van der Waals surface area contributed by atoms with Crippen LogP contribution in [0.1, 0.15) is 13.3 Å². The number of hydrogen-bond acceptors (Lipinski definition) is 7. The zero-order valence-corrected chi connectivity index (χ0v) is 10.3. The maximum absolute atomic E-state index is 12.0. The lowest BCUT2D eigenvalue weighted by Crippen LogP contribution is -2.54. The number of amides is 1. The van der Waals surface area contributed by atoms with E-state index in [1.165, 1.54) is 0 Å². The molecule has 0 spiro atoms. The molecule has 1 fully saturated rings. The molecule has 0 aromatic carbocycles. The molecule has 1 aliphatic heterocycles. The van der Waals surface area contributed by atoms with Crippen LogP contribution in [0.2, 0.25) is 0 Å². The molecule has 3 N–H and O–H groups in total. The van der Waals surface area contributed by atoms with E-state index in [-0.39, 0.29) is 17.9 Å². The third-order valence-electron chi connectivity index (χ3n) is 2.66. The van der Waals surface area contributed by atoms with Crippen LogP contribution in [-0.2, 0) is 9.53 Å². The summed E-state index contributed by atoms with van der Waals surface area (Å²) in [5.41, 5.74) is 5.39. The highest BCUT2D eigenvalue weighted by Gasteiger charge is 2.32. The van der Waals surface area contributed by atoms with E-state index in [1.807, 2.05) is 6.92 Å². The number of nitrogens with one attached hydrogen (secondary N) is 1. The Morgan fingerprint density at radius 2 is 2.44 bits per heavy atom. The molecule has 8 nitrogen and oxygen atoms in total. The van der Waals surface area contributed by atoms with Gasteiger partial charge in [-0.25, -0.2) is 0 Å². The monoisotopic (exact) mass is 255 g/mol. The number of hydrogen-bond donors (Lipinski definition) is 2. The van der Waals surface area contributed by atoms with Crippen LogP contribution in [0, 0.1) is 0 Å². The van der Waals surface area contributed by atoms with Gasteiger partial charge in [0.1, 0.15) is 6.04 Å². The second-order valence-corrected chi connectivity index (χ2v) is 4.00. The highest BCUT2D eigenvalue weighted by molar-refractivity contribution is 5.84. The fraction of sp³-hybridized carbons (Fsp3) is 0.700. The first-order valence-corrected chi connectivity index (χ1v) is 5.93. The topological polar surface area (TPSA) is 107 Å². The van der Waals surface area contributed by atoms with Gasteiger partial charge in [0.2, 0.25) is 5.91 Å². The summed E-state index contributed by atoms with van der Waals surface area (Å²) in [4.78, 5) is 13.7. The Morgan fingerprint density at radius 3 is 3.11 bits per heavy atom. The lowest BCUT2D eigenvalue weighted by atomic mass is 10.2. The van der Waals surface area contributed by atoms with E-state index in [4.69, 9.17) is 14.9 Å². The number of ether oxygens (including phenoxy) is 1. The highest BCUT2D eigenvalue weighted by atomic mass is 16.5. The van der Waals surface area contributed by atoms with Crippen molar-refractivity contribution < 1.29 is 13.9 Å². The number of carbonyl (C=O) groups excluding carboxylic acids is 1. The largest absolute Gasteiger partial charge is 0.390 e. The summed E-state index contributed by atoms with van der Waals surface area (Å²) >= 11 is 0. The molecular formula is C10H17N5O3. The molecule has 1 atom stereocenters. The van der Waals surface area contributed by atoms with Crippen molar-refractivity contribution >= 4 is 17.9 Å². The van der Waals surface area contributed by atoms with Gasteiger partial charge in [-0.1, -0.05) is 17.1 Å². The average molecular weight is 255 g/mol. The van der Waals surface area contributed by atoms with Crippen LogP contribution in [-0.4, -0.2) is 48.4 Å². The molecule has 1 aliphatic rings. The van der Waals surface area contributed by atoms with E-state index in [2.05, 4.69) is 15.5 Å². The quantitative estimate of drug-likeness (QED) is 0.738. The highest BCUT2D eigenvalue weighted by Crippen LogP contribution is 2.18. The lowest BCUT2D eigenvalue weighted by Gasteiger charge is -2.32. The Labute approximate surface area is 104 Å². The normalized spacial score (nSPS) is 19.8. The second kappa shape index (κ2) is 5.67. The predicted molar refractivity (Wildman–Crippen MR) is 64.0 cm³/mol. The van der Waals surface area contributed by atoms with Crippen molar-refractivity contribution in [2.75, 3.05) is 36.9 Å². The summed E-state index contributed by atoms with van der Waals surface area (Å²) in [5.74, 6) is -0.103. The van der Waals surface area contributed by atoms with Crippen molar-refractivity contribution in [3.8, 4) is 0 Å². The zero-order valence-electron chi connectivity index (χ0n) is 10.3. The number of anilines is 2. The Balaban J connectivity index is 2.08. The minimum atomic E-state index is -0.454. The van der Waals surface area contributed by atoms with Gasteiger partial charge in [-0.15, -0.1) is 0 Å². The van der Waals surface area contributed by atoms with E-state index in [0.29, 0.717) is 26.3 Å². The Morgan fingerprint density at radius 1 is 1.61 bits per heavy atom. The van der Waals surface area contributed by atoms with Gasteiger partial charge in [0.05, 0.1) is 13.2 Å². The molecular weight excluding hydrogens is 238 g/mol.